The quantitative estimate of drug-likeness (QED) is 0.633. The average molecular weight is 285 g/mol. The molecule has 0 spiro atoms. The molecule has 1 aromatic carbocycles. The van der Waals surface area contributed by atoms with Crippen molar-refractivity contribution < 1.29 is 9.47 Å². The van der Waals surface area contributed by atoms with E-state index in [2.05, 4.69) is 20.8 Å². The zero-order valence-electron chi connectivity index (χ0n) is 12.4. The predicted octanol–water partition coefficient (Wildman–Crippen LogP) is 4.89. The highest BCUT2D eigenvalue weighted by atomic mass is 35.5. The third kappa shape index (κ3) is 5.32. The Bertz CT molecular complexity index is 377. The van der Waals surface area contributed by atoms with Crippen molar-refractivity contribution in [1.82, 2.24) is 0 Å². The van der Waals surface area contributed by atoms with Crippen LogP contribution in [0.1, 0.15) is 39.7 Å². The monoisotopic (exact) mass is 284 g/mol. The van der Waals surface area contributed by atoms with E-state index < -0.39 is 0 Å². The highest BCUT2D eigenvalue weighted by Crippen LogP contribution is 2.33. The summed E-state index contributed by atoms with van der Waals surface area (Å²) >= 11 is 5.97. The number of halogens is 1. The molecule has 1 aromatic rings. The van der Waals surface area contributed by atoms with Gasteiger partial charge in [-0.25, -0.2) is 0 Å². The topological polar surface area (TPSA) is 18.5 Å². The van der Waals surface area contributed by atoms with Gasteiger partial charge in [0.2, 0.25) is 0 Å². The van der Waals surface area contributed by atoms with Crippen LogP contribution in [-0.2, 0) is 5.88 Å². The molecule has 3 heteroatoms. The summed E-state index contributed by atoms with van der Waals surface area (Å²) in [7, 11) is 0. The van der Waals surface area contributed by atoms with Gasteiger partial charge in [-0.05, 0) is 31.2 Å². The SMILES string of the molecule is CCOc1cccc(CCl)c1OCC(C)CC(C)C. The second-order valence-electron chi connectivity index (χ2n) is 5.36. The summed E-state index contributed by atoms with van der Waals surface area (Å²) in [5, 5.41) is 0. The van der Waals surface area contributed by atoms with Crippen LogP contribution >= 0.6 is 11.6 Å². The van der Waals surface area contributed by atoms with Crippen molar-refractivity contribution in [2.24, 2.45) is 11.8 Å². The van der Waals surface area contributed by atoms with Crippen LogP contribution in [-0.4, -0.2) is 13.2 Å². The maximum atomic E-state index is 5.97. The molecule has 0 fully saturated rings. The Morgan fingerprint density at radius 1 is 1.16 bits per heavy atom. The summed E-state index contributed by atoms with van der Waals surface area (Å²) in [6, 6.07) is 5.87. The first-order valence-electron chi connectivity index (χ1n) is 7.01. The van der Waals surface area contributed by atoms with E-state index in [1.54, 1.807) is 0 Å². The molecule has 0 aliphatic rings. The Morgan fingerprint density at radius 2 is 1.89 bits per heavy atom. The van der Waals surface area contributed by atoms with E-state index in [-0.39, 0.29) is 0 Å². The van der Waals surface area contributed by atoms with Gasteiger partial charge in [0.25, 0.3) is 0 Å². The third-order valence-electron chi connectivity index (χ3n) is 2.89. The standard InChI is InChI=1S/C16H25ClO2/c1-5-18-15-8-6-7-14(10-17)16(15)19-11-13(4)9-12(2)3/h6-8,12-13H,5,9-11H2,1-4H3. The van der Waals surface area contributed by atoms with E-state index in [4.69, 9.17) is 21.1 Å². The number of ether oxygens (including phenoxy) is 2. The fraction of sp³-hybridized carbons (Fsp3) is 0.625. The van der Waals surface area contributed by atoms with Crippen molar-refractivity contribution in [2.75, 3.05) is 13.2 Å². The van der Waals surface area contributed by atoms with Crippen molar-refractivity contribution in [3.8, 4) is 11.5 Å². The second kappa shape index (κ2) is 8.31. The van der Waals surface area contributed by atoms with Gasteiger partial charge in [-0.15, -0.1) is 11.6 Å². The number of para-hydroxylation sites is 1. The molecule has 0 aromatic heterocycles. The number of benzene rings is 1. The molecule has 0 radical (unpaired) electrons. The summed E-state index contributed by atoms with van der Waals surface area (Å²) in [5.41, 5.74) is 0.990. The predicted molar refractivity (Wildman–Crippen MR) is 81.3 cm³/mol. The average Bonchev–Trinajstić information content (AvgIpc) is 2.36. The van der Waals surface area contributed by atoms with Gasteiger partial charge >= 0.3 is 0 Å². The van der Waals surface area contributed by atoms with Gasteiger partial charge in [0, 0.05) is 5.56 Å². The number of hydrogen-bond donors (Lipinski definition) is 0. The van der Waals surface area contributed by atoms with Crippen LogP contribution in [0.25, 0.3) is 0 Å². The lowest BCUT2D eigenvalue weighted by atomic mass is 10.00. The van der Waals surface area contributed by atoms with Crippen molar-refractivity contribution >= 4 is 11.6 Å². The molecule has 0 heterocycles. The van der Waals surface area contributed by atoms with Crippen LogP contribution in [0.15, 0.2) is 18.2 Å². The van der Waals surface area contributed by atoms with Crippen molar-refractivity contribution in [3.05, 3.63) is 23.8 Å². The molecule has 108 valence electrons. The summed E-state index contributed by atoms with van der Waals surface area (Å²) in [6.45, 7) is 9.97. The van der Waals surface area contributed by atoms with E-state index in [0.29, 0.717) is 30.9 Å². The Balaban J connectivity index is 2.74. The van der Waals surface area contributed by atoms with Crippen LogP contribution in [0.2, 0.25) is 0 Å². The molecule has 0 bridgehead atoms. The lowest BCUT2D eigenvalue weighted by Crippen LogP contribution is -2.12. The van der Waals surface area contributed by atoms with Crippen LogP contribution in [0.4, 0.5) is 0 Å². The first-order chi connectivity index (χ1) is 9.08. The Morgan fingerprint density at radius 3 is 2.47 bits per heavy atom. The van der Waals surface area contributed by atoms with Crippen LogP contribution in [0.3, 0.4) is 0 Å². The fourth-order valence-corrected chi connectivity index (χ4v) is 2.41. The molecule has 0 aliphatic heterocycles. The molecule has 1 unspecified atom stereocenters. The van der Waals surface area contributed by atoms with Crippen LogP contribution < -0.4 is 9.47 Å². The second-order valence-corrected chi connectivity index (χ2v) is 5.62. The van der Waals surface area contributed by atoms with Crippen molar-refractivity contribution in [1.29, 1.82) is 0 Å². The van der Waals surface area contributed by atoms with Gasteiger partial charge in [-0.2, -0.15) is 0 Å². The van der Waals surface area contributed by atoms with Crippen LogP contribution in [0.5, 0.6) is 11.5 Å². The van der Waals surface area contributed by atoms with Gasteiger partial charge in [0.15, 0.2) is 11.5 Å². The van der Waals surface area contributed by atoms with E-state index >= 15 is 0 Å². The third-order valence-corrected chi connectivity index (χ3v) is 3.18. The zero-order valence-corrected chi connectivity index (χ0v) is 13.2. The zero-order chi connectivity index (χ0) is 14.3. The first-order valence-corrected chi connectivity index (χ1v) is 7.55. The van der Waals surface area contributed by atoms with E-state index in [9.17, 15) is 0 Å². The van der Waals surface area contributed by atoms with Gasteiger partial charge in [0.1, 0.15) is 0 Å². The Labute approximate surface area is 122 Å². The maximum absolute atomic E-state index is 5.97. The summed E-state index contributed by atoms with van der Waals surface area (Å²) in [4.78, 5) is 0. The highest BCUT2D eigenvalue weighted by molar-refractivity contribution is 6.17. The Kier molecular flexibility index (Phi) is 7.07. The molecule has 0 N–H and O–H groups in total. The van der Waals surface area contributed by atoms with Crippen molar-refractivity contribution in [3.63, 3.8) is 0 Å². The number of hydrogen-bond acceptors (Lipinski definition) is 2. The molecule has 19 heavy (non-hydrogen) atoms. The first kappa shape index (κ1) is 16.2. The summed E-state index contributed by atoms with van der Waals surface area (Å²) < 4.78 is 11.6. The molecular formula is C16H25ClO2. The Hall–Kier alpha value is -0.890. The largest absolute Gasteiger partial charge is 0.490 e. The molecule has 1 atom stereocenters. The van der Waals surface area contributed by atoms with Gasteiger partial charge < -0.3 is 9.47 Å². The van der Waals surface area contributed by atoms with Gasteiger partial charge in [-0.3, -0.25) is 0 Å². The minimum absolute atomic E-state index is 0.439. The van der Waals surface area contributed by atoms with Crippen molar-refractivity contribution in [2.45, 2.75) is 40.0 Å². The fourth-order valence-electron chi connectivity index (χ4n) is 2.20. The van der Waals surface area contributed by atoms with Crippen LogP contribution in [0, 0.1) is 11.8 Å². The summed E-state index contributed by atoms with van der Waals surface area (Å²) in [5.74, 6) is 3.24. The molecule has 2 nitrogen and oxygen atoms in total. The molecule has 0 saturated carbocycles. The maximum Gasteiger partial charge on any atom is 0.165 e. The molecule has 0 amide bonds. The molecule has 0 saturated heterocycles. The lowest BCUT2D eigenvalue weighted by molar-refractivity contribution is 0.223. The van der Waals surface area contributed by atoms with E-state index in [1.165, 1.54) is 0 Å². The number of rotatable bonds is 8. The van der Waals surface area contributed by atoms with Gasteiger partial charge in [0.05, 0.1) is 19.1 Å². The molecular weight excluding hydrogens is 260 g/mol. The normalized spacial score (nSPS) is 12.5. The number of alkyl halides is 1. The van der Waals surface area contributed by atoms with Gasteiger partial charge in [-0.1, -0.05) is 32.9 Å². The highest BCUT2D eigenvalue weighted by Gasteiger charge is 2.13. The lowest BCUT2D eigenvalue weighted by Gasteiger charge is -2.18. The van der Waals surface area contributed by atoms with E-state index in [1.807, 2.05) is 25.1 Å². The van der Waals surface area contributed by atoms with E-state index in [0.717, 1.165) is 23.5 Å². The summed E-state index contributed by atoms with van der Waals surface area (Å²) in [6.07, 6.45) is 1.16. The molecule has 1 rings (SSSR count). The smallest absolute Gasteiger partial charge is 0.165 e. The molecule has 0 aliphatic carbocycles. The minimum atomic E-state index is 0.439. The minimum Gasteiger partial charge on any atom is -0.490 e.